The molecule has 0 aliphatic heterocycles. The first-order chi connectivity index (χ1) is 16.8. The molecule has 0 aromatic carbocycles. The van der Waals surface area contributed by atoms with Crippen molar-refractivity contribution in [2.45, 2.75) is 42.9 Å². The summed E-state index contributed by atoms with van der Waals surface area (Å²) in [7, 11) is -0.901. The molecule has 0 radical (unpaired) electrons. The molecule has 15 heteroatoms. The molecule has 9 nitrogen and oxygen atoms in total. The van der Waals surface area contributed by atoms with E-state index >= 15 is 0 Å². The highest BCUT2D eigenvalue weighted by Gasteiger charge is 2.59. The monoisotopic (exact) mass is 529 g/mol. The van der Waals surface area contributed by atoms with Gasteiger partial charge in [0.2, 0.25) is 0 Å². The Hall–Kier alpha value is -3.36. The molecule has 0 bridgehead atoms. The second-order valence-corrected chi connectivity index (χ2v) is 10.8. The number of imidazole rings is 2. The predicted molar refractivity (Wildman–Crippen MR) is 118 cm³/mol. The van der Waals surface area contributed by atoms with Crippen LogP contribution in [0.5, 0.6) is 0 Å². The fourth-order valence-corrected chi connectivity index (χ4v) is 5.20. The highest BCUT2D eigenvalue weighted by Crippen LogP contribution is 2.44. The summed E-state index contributed by atoms with van der Waals surface area (Å²) in [5, 5.41) is 4.15. The zero-order valence-electron chi connectivity index (χ0n) is 19.3. The van der Waals surface area contributed by atoms with Crippen LogP contribution < -0.4 is 0 Å². The van der Waals surface area contributed by atoms with Gasteiger partial charge in [0.25, 0.3) is 0 Å². The van der Waals surface area contributed by atoms with E-state index in [0.717, 1.165) is 12.8 Å². The van der Waals surface area contributed by atoms with E-state index in [0.29, 0.717) is 17.8 Å². The van der Waals surface area contributed by atoms with E-state index in [4.69, 9.17) is 0 Å². The van der Waals surface area contributed by atoms with Gasteiger partial charge in [-0.25, -0.2) is 23.4 Å². The average molecular weight is 529 g/mol. The standard InChI is InChI=1S/C21H20F5N7O2S/c1-4-36(34,35)19-15(30-16(32(19)3)11-8-28-33(10-11)13-5-6-13)18-29-14-7-12(9-27-17(14)31(18)2)20(22,23)21(24,25)26/h7-10,13H,4-6H2,1-3H3. The van der Waals surface area contributed by atoms with E-state index < -0.39 is 27.5 Å². The van der Waals surface area contributed by atoms with Crippen LogP contribution in [0.4, 0.5) is 22.0 Å². The van der Waals surface area contributed by atoms with Gasteiger partial charge in [0.1, 0.15) is 17.0 Å². The number of aromatic nitrogens is 7. The van der Waals surface area contributed by atoms with E-state index in [9.17, 15) is 30.4 Å². The third kappa shape index (κ3) is 3.67. The van der Waals surface area contributed by atoms with Crippen LogP contribution in [0.2, 0.25) is 0 Å². The summed E-state index contributed by atoms with van der Waals surface area (Å²) in [5.41, 5.74) is -1.16. The molecule has 0 N–H and O–H groups in total. The number of hydrogen-bond donors (Lipinski definition) is 0. The minimum atomic E-state index is -5.82. The van der Waals surface area contributed by atoms with E-state index in [1.54, 1.807) is 17.1 Å². The van der Waals surface area contributed by atoms with Crippen LogP contribution in [0.1, 0.15) is 31.4 Å². The van der Waals surface area contributed by atoms with Gasteiger partial charge in [-0.1, -0.05) is 6.92 Å². The van der Waals surface area contributed by atoms with Crippen molar-refractivity contribution in [1.82, 2.24) is 33.9 Å². The molecular formula is C21H20F5N7O2S. The Morgan fingerprint density at radius 1 is 1.03 bits per heavy atom. The Balaban J connectivity index is 1.70. The highest BCUT2D eigenvalue weighted by molar-refractivity contribution is 7.91. The van der Waals surface area contributed by atoms with Crippen LogP contribution in [0.15, 0.2) is 29.7 Å². The second-order valence-electron chi connectivity index (χ2n) is 8.63. The fourth-order valence-electron chi connectivity index (χ4n) is 4.00. The van der Waals surface area contributed by atoms with Gasteiger partial charge in [0, 0.05) is 26.5 Å². The maximum Gasteiger partial charge on any atom is 0.458 e. The molecule has 0 spiro atoms. The zero-order chi connectivity index (χ0) is 26.2. The number of fused-ring (bicyclic) bond motifs is 1. The summed E-state index contributed by atoms with van der Waals surface area (Å²) in [6.07, 6.45) is -0.0810. The van der Waals surface area contributed by atoms with Crippen molar-refractivity contribution in [3.05, 3.63) is 30.2 Å². The molecule has 1 aliphatic rings. The molecule has 4 aromatic rings. The number of alkyl halides is 5. The van der Waals surface area contributed by atoms with Crippen LogP contribution in [-0.4, -0.2) is 54.2 Å². The first kappa shape index (κ1) is 24.3. The lowest BCUT2D eigenvalue weighted by atomic mass is 10.1. The van der Waals surface area contributed by atoms with E-state index in [1.165, 1.54) is 30.2 Å². The molecule has 0 amide bonds. The minimum absolute atomic E-state index is 0.0136. The van der Waals surface area contributed by atoms with Gasteiger partial charge in [-0.2, -0.15) is 27.1 Å². The molecule has 0 unspecified atom stereocenters. The first-order valence-electron chi connectivity index (χ1n) is 10.9. The van der Waals surface area contributed by atoms with Crippen molar-refractivity contribution in [2.75, 3.05) is 5.75 Å². The normalized spacial score (nSPS) is 15.2. The summed E-state index contributed by atoms with van der Waals surface area (Å²) in [6.45, 7) is 1.46. The molecule has 0 atom stereocenters. The minimum Gasteiger partial charge on any atom is -0.318 e. The number of hydrogen-bond acceptors (Lipinski definition) is 6. The summed E-state index contributed by atoms with van der Waals surface area (Å²) < 4.78 is 96.9. The lowest BCUT2D eigenvalue weighted by Crippen LogP contribution is -2.33. The molecule has 0 saturated heterocycles. The number of sulfone groups is 1. The maximum absolute atomic E-state index is 13.9. The SMILES string of the molecule is CCS(=O)(=O)c1c(-c2nc3cc(C(F)(F)C(F)(F)F)cnc3n2C)nc(-c2cnn(C3CC3)c2)n1C. The van der Waals surface area contributed by atoms with Crippen molar-refractivity contribution < 1.29 is 30.4 Å². The fraction of sp³-hybridized carbons (Fsp3) is 0.429. The average Bonchev–Trinajstić information content (AvgIpc) is 3.30. The topological polar surface area (TPSA) is 100 Å². The van der Waals surface area contributed by atoms with Crippen molar-refractivity contribution in [2.24, 2.45) is 14.1 Å². The number of nitrogens with zero attached hydrogens (tertiary/aromatic N) is 7. The van der Waals surface area contributed by atoms with Crippen molar-refractivity contribution in [3.63, 3.8) is 0 Å². The lowest BCUT2D eigenvalue weighted by molar-refractivity contribution is -0.289. The molecule has 4 heterocycles. The maximum atomic E-state index is 13.9. The molecular weight excluding hydrogens is 509 g/mol. The van der Waals surface area contributed by atoms with Gasteiger partial charge in [-0.15, -0.1) is 0 Å². The van der Waals surface area contributed by atoms with Gasteiger partial charge in [-0.3, -0.25) is 4.68 Å². The van der Waals surface area contributed by atoms with Crippen molar-refractivity contribution in [1.29, 1.82) is 0 Å². The molecule has 1 aliphatic carbocycles. The van der Waals surface area contributed by atoms with Crippen LogP contribution >= 0.6 is 0 Å². The second kappa shape index (κ2) is 7.82. The van der Waals surface area contributed by atoms with E-state index in [1.807, 2.05) is 0 Å². The first-order valence-corrected chi connectivity index (χ1v) is 12.5. The van der Waals surface area contributed by atoms with Crippen LogP contribution in [0, 0.1) is 0 Å². The molecule has 1 saturated carbocycles. The van der Waals surface area contributed by atoms with Gasteiger partial charge in [0.15, 0.2) is 26.3 Å². The molecule has 1 fully saturated rings. The van der Waals surface area contributed by atoms with E-state index in [2.05, 4.69) is 20.1 Å². The highest BCUT2D eigenvalue weighted by atomic mass is 32.2. The predicted octanol–water partition coefficient (Wildman–Crippen LogP) is 4.01. The summed E-state index contributed by atoms with van der Waals surface area (Å²) in [5.74, 6) is -5.16. The lowest BCUT2D eigenvalue weighted by Gasteiger charge is -2.19. The van der Waals surface area contributed by atoms with Crippen molar-refractivity contribution in [3.8, 4) is 22.9 Å². The largest absolute Gasteiger partial charge is 0.458 e. The molecule has 4 aromatic heterocycles. The van der Waals surface area contributed by atoms with Gasteiger partial charge in [0.05, 0.1) is 29.1 Å². The van der Waals surface area contributed by atoms with Gasteiger partial charge >= 0.3 is 12.1 Å². The third-order valence-corrected chi connectivity index (χ3v) is 7.95. The number of rotatable bonds is 6. The molecule has 192 valence electrons. The zero-order valence-corrected chi connectivity index (χ0v) is 20.1. The number of aryl methyl sites for hydroxylation is 1. The number of halogens is 5. The Labute approximate surface area is 201 Å². The molecule has 5 rings (SSSR count). The van der Waals surface area contributed by atoms with Crippen LogP contribution in [0.3, 0.4) is 0 Å². The summed E-state index contributed by atoms with van der Waals surface area (Å²) in [6, 6.07) is 0.879. The van der Waals surface area contributed by atoms with E-state index in [-0.39, 0.29) is 45.3 Å². The Morgan fingerprint density at radius 2 is 1.72 bits per heavy atom. The third-order valence-electron chi connectivity index (χ3n) is 6.14. The Kier molecular flexibility index (Phi) is 5.29. The summed E-state index contributed by atoms with van der Waals surface area (Å²) in [4.78, 5) is 12.5. The van der Waals surface area contributed by atoms with Gasteiger partial charge in [-0.05, 0) is 18.9 Å². The summed E-state index contributed by atoms with van der Waals surface area (Å²) >= 11 is 0. The van der Waals surface area contributed by atoms with Crippen LogP contribution in [-0.2, 0) is 29.9 Å². The number of pyridine rings is 1. The Morgan fingerprint density at radius 3 is 2.33 bits per heavy atom. The molecule has 36 heavy (non-hydrogen) atoms. The van der Waals surface area contributed by atoms with Gasteiger partial charge < -0.3 is 9.13 Å². The van der Waals surface area contributed by atoms with Crippen molar-refractivity contribution >= 4 is 21.0 Å². The quantitative estimate of drug-likeness (QED) is 0.350. The Bertz CT molecular complexity index is 1600. The smallest absolute Gasteiger partial charge is 0.318 e. The van der Waals surface area contributed by atoms with Crippen LogP contribution in [0.25, 0.3) is 34.1 Å².